The first-order valence-electron chi connectivity index (χ1n) is 32.5. The van der Waals surface area contributed by atoms with Gasteiger partial charge in [-0.1, -0.05) is 316 Å². The standard InChI is InChI=1S/C62H124NO11P/c1-3-5-7-9-11-13-15-17-19-21-22-23-24-25-26-27-28-29-30-31-32-33-34-35-36-38-40-42-44-46-48-50-52-56(65)63-54(53-73-75(71,72)74-62-60(69)58(67)57(66)59(68)61(62)70)55(64)51-49-47-45-43-41-39-37-20-18-16-14-12-10-8-6-4-2/h54-55,57-62,64,66-70H,3-53H2,1-2H3,(H,63,65)(H,71,72)/t54-,55+,57?,58+,59?,60?,61?,62?/m0/s1. The molecule has 13 heteroatoms. The van der Waals surface area contributed by atoms with Crippen LogP contribution in [0.1, 0.15) is 335 Å². The molecule has 1 aliphatic carbocycles. The molecule has 0 spiro atoms. The van der Waals surface area contributed by atoms with Crippen LogP contribution in [-0.4, -0.2) is 96.8 Å². The van der Waals surface area contributed by atoms with Gasteiger partial charge in [0.1, 0.15) is 36.6 Å². The maximum atomic E-state index is 13.1. The molecule has 6 unspecified atom stereocenters. The molecule has 0 radical (unpaired) electrons. The zero-order valence-corrected chi connectivity index (χ0v) is 49.8. The van der Waals surface area contributed by atoms with Crippen LogP contribution in [0.25, 0.3) is 0 Å². The molecule has 0 aromatic heterocycles. The monoisotopic (exact) mass is 1090 g/mol. The average Bonchev–Trinajstić information content (AvgIpc) is 3.40. The number of aliphatic hydroxyl groups is 6. The molecule has 8 N–H and O–H groups in total. The van der Waals surface area contributed by atoms with Crippen LogP contribution in [0, 0.1) is 0 Å². The number of carbonyl (C=O) groups is 1. The quantitative estimate of drug-likeness (QED) is 0.0212. The predicted octanol–water partition coefficient (Wildman–Crippen LogP) is 15.7. The third kappa shape index (κ3) is 41.9. The molecule has 1 aliphatic rings. The zero-order chi connectivity index (χ0) is 54.9. The van der Waals surface area contributed by atoms with Gasteiger partial charge in [-0.3, -0.25) is 13.8 Å². The smallest absolute Gasteiger partial charge is 0.391 e. The molecule has 0 aromatic rings. The second kappa shape index (κ2) is 51.5. The van der Waals surface area contributed by atoms with Crippen molar-refractivity contribution >= 4 is 13.7 Å². The number of phosphoric acid groups is 1. The number of nitrogens with one attached hydrogen (secondary N) is 1. The van der Waals surface area contributed by atoms with E-state index >= 15 is 0 Å². The fraction of sp³-hybridized carbons (Fsp3) is 0.984. The van der Waals surface area contributed by atoms with E-state index in [0.717, 1.165) is 38.5 Å². The highest BCUT2D eigenvalue weighted by Crippen LogP contribution is 2.47. The summed E-state index contributed by atoms with van der Waals surface area (Å²) < 4.78 is 23.1. The van der Waals surface area contributed by atoms with E-state index in [1.165, 1.54) is 257 Å². The van der Waals surface area contributed by atoms with Crippen molar-refractivity contribution in [3.8, 4) is 0 Å². The molecule has 12 nitrogen and oxygen atoms in total. The Morgan fingerprint density at radius 1 is 0.400 bits per heavy atom. The minimum absolute atomic E-state index is 0.244. The lowest BCUT2D eigenvalue weighted by Crippen LogP contribution is -2.64. The van der Waals surface area contributed by atoms with Gasteiger partial charge < -0.3 is 40.8 Å². The van der Waals surface area contributed by atoms with Crippen LogP contribution in [0.5, 0.6) is 0 Å². The summed E-state index contributed by atoms with van der Waals surface area (Å²) in [6.07, 6.45) is 50.2. The van der Waals surface area contributed by atoms with Gasteiger partial charge in [0, 0.05) is 6.42 Å². The molecule has 75 heavy (non-hydrogen) atoms. The van der Waals surface area contributed by atoms with Gasteiger partial charge in [-0.15, -0.1) is 0 Å². The van der Waals surface area contributed by atoms with Gasteiger partial charge in [-0.25, -0.2) is 4.57 Å². The molecule has 0 heterocycles. The molecule has 0 aromatic carbocycles. The Labute approximate surface area is 461 Å². The van der Waals surface area contributed by atoms with E-state index in [2.05, 4.69) is 19.2 Å². The number of unbranched alkanes of at least 4 members (excludes halogenated alkanes) is 46. The van der Waals surface area contributed by atoms with E-state index in [9.17, 15) is 44.9 Å². The molecule has 448 valence electrons. The first kappa shape index (κ1) is 72.4. The van der Waals surface area contributed by atoms with Crippen LogP contribution in [0.3, 0.4) is 0 Å². The van der Waals surface area contributed by atoms with Crippen LogP contribution >= 0.6 is 7.82 Å². The van der Waals surface area contributed by atoms with Gasteiger partial charge in [-0.05, 0) is 12.8 Å². The zero-order valence-electron chi connectivity index (χ0n) is 48.9. The maximum absolute atomic E-state index is 13.1. The molecule has 0 saturated heterocycles. The highest BCUT2D eigenvalue weighted by atomic mass is 31.2. The normalized spacial score (nSPS) is 20.6. The van der Waals surface area contributed by atoms with Crippen LogP contribution < -0.4 is 5.32 Å². The number of aliphatic hydroxyl groups excluding tert-OH is 6. The Balaban J connectivity index is 2.19. The lowest BCUT2D eigenvalue weighted by Gasteiger charge is -2.41. The largest absolute Gasteiger partial charge is 0.472 e. The second-order valence-corrected chi connectivity index (χ2v) is 24.7. The van der Waals surface area contributed by atoms with E-state index in [1.807, 2.05) is 0 Å². The van der Waals surface area contributed by atoms with Gasteiger partial charge in [-0.2, -0.15) is 0 Å². The van der Waals surface area contributed by atoms with E-state index in [1.54, 1.807) is 0 Å². The van der Waals surface area contributed by atoms with Crippen molar-refractivity contribution in [3.63, 3.8) is 0 Å². The number of carbonyl (C=O) groups excluding carboxylic acids is 1. The molecule has 1 saturated carbocycles. The Morgan fingerprint density at radius 3 is 0.920 bits per heavy atom. The predicted molar refractivity (Wildman–Crippen MR) is 311 cm³/mol. The first-order valence-corrected chi connectivity index (χ1v) is 34.0. The Bertz CT molecular complexity index is 1270. The van der Waals surface area contributed by atoms with Gasteiger partial charge in [0.15, 0.2) is 0 Å². The highest BCUT2D eigenvalue weighted by molar-refractivity contribution is 7.47. The number of hydrogen-bond donors (Lipinski definition) is 8. The van der Waals surface area contributed by atoms with Crippen molar-refractivity contribution in [2.75, 3.05) is 6.61 Å². The molecule has 1 fully saturated rings. The average molecular weight is 1090 g/mol. The Kier molecular flexibility index (Phi) is 49.7. The van der Waals surface area contributed by atoms with E-state index in [-0.39, 0.29) is 12.3 Å². The van der Waals surface area contributed by atoms with E-state index in [4.69, 9.17) is 9.05 Å². The van der Waals surface area contributed by atoms with Crippen LogP contribution in [0.2, 0.25) is 0 Å². The molecular formula is C62H124NO11P. The maximum Gasteiger partial charge on any atom is 0.472 e. The minimum Gasteiger partial charge on any atom is -0.391 e. The lowest BCUT2D eigenvalue weighted by atomic mass is 9.85. The van der Waals surface area contributed by atoms with Crippen LogP contribution in [-0.2, 0) is 18.4 Å². The summed E-state index contributed by atoms with van der Waals surface area (Å²) in [6, 6.07) is -1.03. The third-order valence-electron chi connectivity index (χ3n) is 16.2. The van der Waals surface area contributed by atoms with E-state index in [0.29, 0.717) is 19.3 Å². The molecule has 9 atom stereocenters. The summed E-state index contributed by atoms with van der Waals surface area (Å²) in [5.41, 5.74) is 0. The van der Waals surface area contributed by atoms with Crippen molar-refractivity contribution in [2.45, 2.75) is 384 Å². The van der Waals surface area contributed by atoms with Crippen molar-refractivity contribution in [1.82, 2.24) is 5.32 Å². The highest BCUT2D eigenvalue weighted by Gasteiger charge is 2.51. The van der Waals surface area contributed by atoms with Gasteiger partial charge in [0.2, 0.25) is 5.91 Å². The fourth-order valence-corrected chi connectivity index (χ4v) is 11.9. The lowest BCUT2D eigenvalue weighted by molar-refractivity contribution is -0.220. The minimum atomic E-state index is -5.06. The number of amides is 1. The van der Waals surface area contributed by atoms with Crippen LogP contribution in [0.15, 0.2) is 0 Å². The van der Waals surface area contributed by atoms with Crippen molar-refractivity contribution < 1.29 is 53.9 Å². The Hall–Kier alpha value is -0.660. The van der Waals surface area contributed by atoms with Crippen molar-refractivity contribution in [1.29, 1.82) is 0 Å². The fourth-order valence-electron chi connectivity index (χ4n) is 11.0. The van der Waals surface area contributed by atoms with Crippen molar-refractivity contribution in [2.24, 2.45) is 0 Å². The topological polar surface area (TPSA) is 206 Å². The summed E-state index contributed by atoms with van der Waals surface area (Å²) in [5.74, 6) is -0.299. The summed E-state index contributed by atoms with van der Waals surface area (Å²) in [6.45, 7) is 3.95. The summed E-state index contributed by atoms with van der Waals surface area (Å²) >= 11 is 0. The SMILES string of the molecule is CCCCCCCCCCCCCCCCCCCCCCCCCCCCCCCCCCC(=O)N[C@@H](COP(=O)(O)OC1C(O)C(O)C(O)[C@@H](O)C1O)[C@H](O)CCCCCCCCCCCCCCCCCC. The Morgan fingerprint density at radius 2 is 0.640 bits per heavy atom. The first-order chi connectivity index (χ1) is 36.4. The molecule has 1 amide bonds. The number of phosphoric ester groups is 1. The summed E-state index contributed by atoms with van der Waals surface area (Å²) in [7, 11) is -5.06. The summed E-state index contributed by atoms with van der Waals surface area (Å²) in [5, 5.41) is 64.6. The van der Waals surface area contributed by atoms with E-state index < -0.39 is 63.2 Å². The van der Waals surface area contributed by atoms with Crippen molar-refractivity contribution in [3.05, 3.63) is 0 Å². The number of rotatable bonds is 57. The molecule has 0 aliphatic heterocycles. The molecular weight excluding hydrogens is 966 g/mol. The summed E-state index contributed by atoms with van der Waals surface area (Å²) in [4.78, 5) is 23.6. The molecule has 0 bridgehead atoms. The second-order valence-electron chi connectivity index (χ2n) is 23.3. The van der Waals surface area contributed by atoms with Gasteiger partial charge >= 0.3 is 7.82 Å². The third-order valence-corrected chi connectivity index (χ3v) is 17.2. The van der Waals surface area contributed by atoms with Crippen LogP contribution in [0.4, 0.5) is 0 Å². The number of hydrogen-bond acceptors (Lipinski definition) is 10. The van der Waals surface area contributed by atoms with Gasteiger partial charge in [0.25, 0.3) is 0 Å². The van der Waals surface area contributed by atoms with Gasteiger partial charge in [0.05, 0.1) is 18.8 Å². The molecule has 1 rings (SSSR count).